The summed E-state index contributed by atoms with van der Waals surface area (Å²) < 4.78 is 9.59. The minimum Gasteiger partial charge on any atom is -0.507 e. The number of fused-ring (bicyclic) bond motifs is 1. The van der Waals surface area contributed by atoms with E-state index >= 15 is 0 Å². The van der Waals surface area contributed by atoms with E-state index < -0.39 is 0 Å². The minimum atomic E-state index is -0.339. The number of carbonyl (C=O) groups is 1. The van der Waals surface area contributed by atoms with Crippen molar-refractivity contribution in [3.63, 3.8) is 0 Å². The molecule has 0 atom stereocenters. The van der Waals surface area contributed by atoms with Crippen molar-refractivity contribution in [3.05, 3.63) is 88.5 Å². The van der Waals surface area contributed by atoms with Gasteiger partial charge < -0.3 is 19.0 Å². The monoisotopic (exact) mass is 607 g/mol. The highest BCUT2D eigenvalue weighted by molar-refractivity contribution is 8.93. The molecule has 0 saturated heterocycles. The summed E-state index contributed by atoms with van der Waals surface area (Å²) in [5, 5.41) is 20.2. The Hall–Kier alpha value is -3.32. The van der Waals surface area contributed by atoms with Gasteiger partial charge in [-0.25, -0.2) is 0 Å². The lowest BCUT2D eigenvalue weighted by Gasteiger charge is -2.28. The zero-order chi connectivity index (χ0) is 28.5. The molecule has 6 nitrogen and oxygen atoms in total. The van der Waals surface area contributed by atoms with E-state index in [1.165, 1.54) is 0 Å². The number of nitrogens with one attached hydrogen (secondary N) is 1. The largest absolute Gasteiger partial charge is 0.507 e. The average molecular weight is 609 g/mol. The number of phenolic OH excluding ortho intramolecular Hbond substituents is 1. The molecule has 0 saturated carbocycles. The molecule has 0 radical (unpaired) electrons. The molecule has 0 spiro atoms. The number of hydrogen-bond donors (Lipinski definition) is 2. The van der Waals surface area contributed by atoms with Gasteiger partial charge in [-0.1, -0.05) is 78.8 Å². The first kappa shape index (κ1) is 31.2. The van der Waals surface area contributed by atoms with Crippen molar-refractivity contribution in [2.75, 3.05) is 6.61 Å². The van der Waals surface area contributed by atoms with E-state index in [0.29, 0.717) is 18.7 Å². The van der Waals surface area contributed by atoms with E-state index in [0.717, 1.165) is 39.9 Å². The van der Waals surface area contributed by atoms with Gasteiger partial charge in [0.1, 0.15) is 11.5 Å². The molecule has 0 aliphatic rings. The molecule has 0 amide bonds. The molecule has 214 valence electrons. The molecular formula is C33H42BrN3O3. The second-order valence-electron chi connectivity index (χ2n) is 12.3. The Labute approximate surface area is 247 Å². The fourth-order valence-corrected chi connectivity index (χ4v) is 4.89. The number of halogens is 1. The highest BCUT2D eigenvalue weighted by atomic mass is 79.9. The third kappa shape index (κ3) is 6.52. The van der Waals surface area contributed by atoms with Crippen LogP contribution in [0, 0.1) is 5.41 Å². The lowest BCUT2D eigenvalue weighted by molar-refractivity contribution is 0.0971. The Morgan fingerprint density at radius 1 is 0.875 bits per heavy atom. The third-order valence-corrected chi connectivity index (χ3v) is 7.05. The maximum Gasteiger partial charge on any atom is 0.203 e. The molecule has 7 heteroatoms. The second kappa shape index (κ2) is 12.0. The first-order valence-corrected chi connectivity index (χ1v) is 13.7. The number of imidazole rings is 1. The van der Waals surface area contributed by atoms with E-state index in [-0.39, 0.29) is 51.5 Å². The quantitative estimate of drug-likeness (QED) is 0.203. The molecule has 1 heterocycles. The van der Waals surface area contributed by atoms with Crippen LogP contribution in [0.5, 0.6) is 11.5 Å². The van der Waals surface area contributed by atoms with Gasteiger partial charge in [0.15, 0.2) is 5.78 Å². The summed E-state index contributed by atoms with van der Waals surface area (Å²) in [6, 6.07) is 19.5. The number of ether oxygens (including phenoxy) is 1. The zero-order valence-corrected chi connectivity index (χ0v) is 26.4. The van der Waals surface area contributed by atoms with Crippen LogP contribution in [-0.4, -0.2) is 26.6 Å². The molecule has 0 fully saturated rings. The number of benzene rings is 3. The van der Waals surface area contributed by atoms with Crippen LogP contribution in [0.1, 0.15) is 81.9 Å². The smallest absolute Gasteiger partial charge is 0.203 e. The number of hydrogen-bond acceptors (Lipinski definition) is 4. The van der Waals surface area contributed by atoms with Gasteiger partial charge in [0, 0.05) is 22.8 Å². The van der Waals surface area contributed by atoms with E-state index in [9.17, 15) is 9.90 Å². The fourth-order valence-electron chi connectivity index (χ4n) is 4.89. The lowest BCUT2D eigenvalue weighted by Crippen LogP contribution is -2.28. The van der Waals surface area contributed by atoms with Gasteiger partial charge in [0.05, 0.1) is 30.7 Å². The maximum absolute atomic E-state index is 13.8. The number of Topliss-reactive ketones (excluding diaryl/α,β-unsaturated/α-hetero) is 1. The van der Waals surface area contributed by atoms with E-state index in [4.69, 9.17) is 10.1 Å². The summed E-state index contributed by atoms with van der Waals surface area (Å²) in [7, 11) is 0. The van der Waals surface area contributed by atoms with Crippen molar-refractivity contribution in [1.29, 1.82) is 5.41 Å². The molecule has 0 bridgehead atoms. The molecule has 1 aromatic heterocycles. The summed E-state index contributed by atoms with van der Waals surface area (Å²) in [6.45, 7) is 15.4. The lowest BCUT2D eigenvalue weighted by atomic mass is 9.78. The van der Waals surface area contributed by atoms with Crippen molar-refractivity contribution in [2.45, 2.75) is 78.8 Å². The van der Waals surface area contributed by atoms with Crippen molar-refractivity contribution < 1.29 is 14.6 Å². The Bertz CT molecular complexity index is 1520. The number of ketones is 1. The molecule has 0 aliphatic heterocycles. The normalized spacial score (nSPS) is 11.9. The Balaban J connectivity index is 0.00000441. The van der Waals surface area contributed by atoms with Crippen LogP contribution < -0.4 is 10.4 Å². The van der Waals surface area contributed by atoms with Gasteiger partial charge in [-0.15, -0.1) is 17.0 Å². The highest BCUT2D eigenvalue weighted by Crippen LogP contribution is 2.40. The van der Waals surface area contributed by atoms with Crippen LogP contribution >= 0.6 is 17.0 Å². The van der Waals surface area contributed by atoms with Crippen LogP contribution in [-0.2, 0) is 23.9 Å². The van der Waals surface area contributed by atoms with Crippen molar-refractivity contribution >= 4 is 33.8 Å². The molecule has 2 N–H and O–H groups in total. The molecule has 0 aliphatic carbocycles. The second-order valence-corrected chi connectivity index (χ2v) is 12.3. The van der Waals surface area contributed by atoms with E-state index in [1.807, 2.05) is 107 Å². The molecular weight excluding hydrogens is 566 g/mol. The van der Waals surface area contributed by atoms with Crippen LogP contribution in [0.25, 0.3) is 11.0 Å². The van der Waals surface area contributed by atoms with E-state index in [1.54, 1.807) is 4.57 Å². The zero-order valence-electron chi connectivity index (χ0n) is 24.7. The summed E-state index contributed by atoms with van der Waals surface area (Å²) in [6.07, 6.45) is 0.904. The predicted molar refractivity (Wildman–Crippen MR) is 167 cm³/mol. The molecule has 3 aromatic carbocycles. The first-order valence-electron chi connectivity index (χ1n) is 13.7. The van der Waals surface area contributed by atoms with Crippen LogP contribution in [0.4, 0.5) is 0 Å². The standard InChI is InChI=1S/C33H41N3O3.BrH/c1-8-16-39-24-14-15-27-28(19-24)35(20-22-12-10-9-11-13-22)31(34)36(27)21-29(37)23-17-25(32(2,3)4)30(38)26(18-23)33(5,6)7;/h9-15,17-19,34,38H,8,16,20-21H2,1-7H3;1H. The topological polar surface area (TPSA) is 80.2 Å². The molecule has 0 unspecified atom stereocenters. The van der Waals surface area contributed by atoms with Gasteiger partial charge in [0.25, 0.3) is 0 Å². The molecule has 40 heavy (non-hydrogen) atoms. The number of aromatic hydroxyl groups is 1. The predicted octanol–water partition coefficient (Wildman–Crippen LogP) is 7.52. The number of aromatic nitrogens is 2. The number of phenols is 1. The maximum atomic E-state index is 13.8. The number of carbonyl (C=O) groups excluding carboxylic acids is 1. The third-order valence-electron chi connectivity index (χ3n) is 7.05. The number of rotatable bonds is 8. The van der Waals surface area contributed by atoms with Crippen molar-refractivity contribution in [1.82, 2.24) is 9.13 Å². The van der Waals surface area contributed by atoms with Crippen LogP contribution in [0.3, 0.4) is 0 Å². The van der Waals surface area contributed by atoms with Gasteiger partial charge >= 0.3 is 0 Å². The minimum absolute atomic E-state index is 0. The first-order chi connectivity index (χ1) is 18.3. The fraction of sp³-hybridized carbons (Fsp3) is 0.394. The SMILES string of the molecule is Br.CCCOc1ccc2c(c1)n(Cc1ccccc1)c(=N)n2CC(=O)c1cc(C(C)(C)C)c(O)c(C(C)(C)C)c1. The summed E-state index contributed by atoms with van der Waals surface area (Å²) in [4.78, 5) is 13.8. The highest BCUT2D eigenvalue weighted by Gasteiger charge is 2.28. The average Bonchev–Trinajstić information content (AvgIpc) is 3.12. The Kier molecular flexibility index (Phi) is 9.40. The van der Waals surface area contributed by atoms with Gasteiger partial charge in [-0.2, -0.15) is 0 Å². The van der Waals surface area contributed by atoms with Gasteiger partial charge in [-0.05, 0) is 47.1 Å². The molecule has 4 aromatic rings. The van der Waals surface area contributed by atoms with Gasteiger partial charge in [0.2, 0.25) is 5.62 Å². The molecule has 4 rings (SSSR count). The summed E-state index contributed by atoms with van der Waals surface area (Å²) in [5.41, 5.74) is 4.34. The number of nitrogens with zero attached hydrogens (tertiary/aromatic N) is 2. The van der Waals surface area contributed by atoms with Crippen LogP contribution in [0.2, 0.25) is 0 Å². The van der Waals surface area contributed by atoms with E-state index in [2.05, 4.69) is 6.92 Å². The Morgan fingerprint density at radius 2 is 1.48 bits per heavy atom. The Morgan fingerprint density at radius 3 is 2.02 bits per heavy atom. The van der Waals surface area contributed by atoms with Crippen LogP contribution in [0.15, 0.2) is 60.7 Å². The van der Waals surface area contributed by atoms with Crippen molar-refractivity contribution in [2.24, 2.45) is 0 Å². The summed E-state index contributed by atoms with van der Waals surface area (Å²) >= 11 is 0. The summed E-state index contributed by atoms with van der Waals surface area (Å²) in [5.74, 6) is 0.895. The van der Waals surface area contributed by atoms with Crippen molar-refractivity contribution in [3.8, 4) is 11.5 Å². The van der Waals surface area contributed by atoms with Gasteiger partial charge in [-0.3, -0.25) is 10.2 Å².